The molecule has 4 N–H and O–H groups in total. The molecule has 1 aromatic carbocycles. The second-order valence-electron chi connectivity index (χ2n) is 11.9. The van der Waals surface area contributed by atoms with Crippen LogP contribution in [0.4, 0.5) is 0 Å². The van der Waals surface area contributed by atoms with E-state index in [9.17, 15) is 24.0 Å². The summed E-state index contributed by atoms with van der Waals surface area (Å²) in [6.07, 6.45) is 5.63. The van der Waals surface area contributed by atoms with Crippen molar-refractivity contribution < 1.29 is 24.0 Å². The van der Waals surface area contributed by atoms with Gasteiger partial charge in [0.2, 0.25) is 17.6 Å². The summed E-state index contributed by atoms with van der Waals surface area (Å²) in [7, 11) is 0. The molecule has 2 aromatic rings. The molecule has 2 aliphatic heterocycles. The maximum absolute atomic E-state index is 13.8. The number of fused-ring (bicyclic) bond motifs is 1. The van der Waals surface area contributed by atoms with Crippen LogP contribution in [0.3, 0.4) is 0 Å². The van der Waals surface area contributed by atoms with Gasteiger partial charge in [0.25, 0.3) is 11.8 Å². The van der Waals surface area contributed by atoms with Crippen molar-refractivity contribution >= 4 is 40.3 Å². The lowest BCUT2D eigenvalue weighted by Crippen LogP contribution is -2.58. The zero-order valence-electron chi connectivity index (χ0n) is 22.2. The molecule has 206 valence electrons. The fourth-order valence-corrected chi connectivity index (χ4v) is 6.12. The fourth-order valence-electron chi connectivity index (χ4n) is 6.12. The predicted molar refractivity (Wildman–Crippen MR) is 143 cm³/mol. The van der Waals surface area contributed by atoms with Crippen molar-refractivity contribution in [2.24, 2.45) is 11.3 Å². The molecule has 0 bridgehead atoms. The highest BCUT2D eigenvalue weighted by Crippen LogP contribution is 2.55. The van der Waals surface area contributed by atoms with Gasteiger partial charge in [0.05, 0.1) is 6.04 Å². The van der Waals surface area contributed by atoms with Crippen LogP contribution in [-0.4, -0.2) is 70.5 Å². The van der Waals surface area contributed by atoms with Crippen molar-refractivity contribution in [1.29, 1.82) is 0 Å². The molecule has 3 atom stereocenters. The van der Waals surface area contributed by atoms with E-state index in [1.165, 1.54) is 0 Å². The van der Waals surface area contributed by atoms with Crippen molar-refractivity contribution in [2.75, 3.05) is 13.1 Å². The molecule has 1 aromatic heterocycles. The van der Waals surface area contributed by atoms with Crippen LogP contribution in [-0.2, 0) is 19.2 Å². The minimum Gasteiger partial charge on any atom is -0.356 e. The summed E-state index contributed by atoms with van der Waals surface area (Å²) in [5, 5.41) is 9.23. The largest absolute Gasteiger partial charge is 0.356 e. The summed E-state index contributed by atoms with van der Waals surface area (Å²) in [5.41, 5.74) is 2.37. The number of likely N-dealkylation sites (tertiary alicyclic amines) is 1. The topological polar surface area (TPSA) is 140 Å². The number of nitrogens with one attached hydrogen (secondary N) is 4. The molecule has 2 aliphatic carbocycles. The van der Waals surface area contributed by atoms with Gasteiger partial charge in [-0.2, -0.15) is 0 Å². The van der Waals surface area contributed by atoms with E-state index in [0.29, 0.717) is 31.6 Å². The highest BCUT2D eigenvalue weighted by atomic mass is 16.2. The van der Waals surface area contributed by atoms with Crippen LogP contribution in [0.1, 0.15) is 67.4 Å². The maximum Gasteiger partial charge on any atom is 0.289 e. The Bertz CT molecular complexity index is 1360. The quantitative estimate of drug-likeness (QED) is 0.383. The molecule has 4 amide bonds. The molecule has 0 radical (unpaired) electrons. The summed E-state index contributed by atoms with van der Waals surface area (Å²) < 4.78 is 0. The molecule has 10 nitrogen and oxygen atoms in total. The van der Waals surface area contributed by atoms with Crippen LogP contribution in [0.15, 0.2) is 24.3 Å². The molecule has 0 unspecified atom stereocenters. The standard InChI is InChI=1S/C29H35N5O5/c1-16-3-2-4-20-19(16)14-22(32-20)28(39)34-12-10-29(8-9-29)15-23(34)26(37)33-21(13-17-7-11-30-25(17)36)24(35)27(38)31-18-5-6-18/h2-4,14,17-18,21,23,32H,5-13,15H2,1H3,(H,30,36)(H,31,38)(H,33,37)/t17-,21-,23-/m0/s1. The Hall–Kier alpha value is -3.69. The van der Waals surface area contributed by atoms with Crippen LogP contribution in [0.2, 0.25) is 0 Å². The van der Waals surface area contributed by atoms with Crippen molar-refractivity contribution in [3.8, 4) is 0 Å². The number of Topliss-reactive ketones (excluding diaryl/α,β-unsaturated/α-hetero) is 1. The molecule has 10 heteroatoms. The van der Waals surface area contributed by atoms with Crippen LogP contribution in [0.5, 0.6) is 0 Å². The predicted octanol–water partition coefficient (Wildman–Crippen LogP) is 1.72. The van der Waals surface area contributed by atoms with Crippen molar-refractivity contribution in [3.63, 3.8) is 0 Å². The Morgan fingerprint density at radius 1 is 1.13 bits per heavy atom. The number of carbonyl (C=O) groups is 5. The van der Waals surface area contributed by atoms with Gasteiger partial charge in [-0.25, -0.2) is 0 Å². The third-order valence-electron chi connectivity index (χ3n) is 8.97. The number of aromatic nitrogens is 1. The fraction of sp³-hybridized carbons (Fsp3) is 0.552. The van der Waals surface area contributed by atoms with E-state index in [1.807, 2.05) is 31.2 Å². The minimum absolute atomic E-state index is 0.00582. The molecule has 39 heavy (non-hydrogen) atoms. The summed E-state index contributed by atoms with van der Waals surface area (Å²) in [6.45, 7) is 2.93. The third kappa shape index (κ3) is 5.16. The first-order valence-electron chi connectivity index (χ1n) is 14.1. The number of carbonyl (C=O) groups excluding carboxylic acids is 5. The molecule has 3 heterocycles. The number of hydrogen-bond acceptors (Lipinski definition) is 5. The number of aromatic amines is 1. The SMILES string of the molecule is Cc1cccc2[nH]c(C(=O)N3CCC4(CC4)C[C@H]3C(=O)N[C@@H](C[C@@H]3CCNC3=O)C(=O)C(=O)NC3CC3)cc12. The van der Waals surface area contributed by atoms with Crippen LogP contribution in [0.25, 0.3) is 10.9 Å². The Labute approximate surface area is 226 Å². The molecule has 1 spiro atoms. The molecule has 4 fully saturated rings. The number of benzene rings is 1. The second-order valence-corrected chi connectivity index (χ2v) is 11.9. The van der Waals surface area contributed by atoms with E-state index in [2.05, 4.69) is 20.9 Å². The third-order valence-corrected chi connectivity index (χ3v) is 8.97. The van der Waals surface area contributed by atoms with Gasteiger partial charge in [0.15, 0.2) is 0 Å². The minimum atomic E-state index is -1.13. The lowest BCUT2D eigenvalue weighted by atomic mass is 9.86. The van der Waals surface area contributed by atoms with Crippen LogP contribution in [0, 0.1) is 18.3 Å². The summed E-state index contributed by atoms with van der Waals surface area (Å²) in [4.78, 5) is 70.5. The lowest BCUT2D eigenvalue weighted by Gasteiger charge is -2.39. The Balaban J connectivity index is 1.24. The van der Waals surface area contributed by atoms with E-state index in [1.54, 1.807) is 4.90 Å². The smallest absolute Gasteiger partial charge is 0.289 e. The zero-order valence-corrected chi connectivity index (χ0v) is 22.2. The molecule has 2 saturated carbocycles. The first-order valence-corrected chi connectivity index (χ1v) is 14.1. The lowest BCUT2D eigenvalue weighted by molar-refractivity contribution is -0.141. The zero-order chi connectivity index (χ0) is 27.3. The summed E-state index contributed by atoms with van der Waals surface area (Å²) in [5.74, 6) is -2.81. The first-order chi connectivity index (χ1) is 18.7. The number of rotatable bonds is 8. The number of H-pyrrole nitrogens is 1. The molecule has 2 saturated heterocycles. The van der Waals surface area contributed by atoms with E-state index in [4.69, 9.17) is 0 Å². The van der Waals surface area contributed by atoms with E-state index >= 15 is 0 Å². The van der Waals surface area contributed by atoms with Gasteiger partial charge in [-0.15, -0.1) is 0 Å². The maximum atomic E-state index is 13.8. The van der Waals surface area contributed by atoms with Gasteiger partial charge in [-0.05, 0) is 81.4 Å². The summed E-state index contributed by atoms with van der Waals surface area (Å²) in [6, 6.07) is 5.76. The average Bonchev–Trinajstić information content (AvgIpc) is 3.80. The number of hydrogen-bond donors (Lipinski definition) is 4. The van der Waals surface area contributed by atoms with Gasteiger partial charge in [0, 0.05) is 36.0 Å². The van der Waals surface area contributed by atoms with Gasteiger partial charge in [-0.1, -0.05) is 12.1 Å². The number of aryl methyl sites for hydroxylation is 1. The van der Waals surface area contributed by atoms with Gasteiger partial charge in [-0.3, -0.25) is 24.0 Å². The molecule has 6 rings (SSSR count). The Morgan fingerprint density at radius 2 is 1.92 bits per heavy atom. The number of nitrogens with zero attached hydrogens (tertiary/aromatic N) is 1. The highest BCUT2D eigenvalue weighted by molar-refractivity contribution is 6.38. The molecular formula is C29H35N5O5. The van der Waals surface area contributed by atoms with Crippen LogP contribution < -0.4 is 16.0 Å². The monoisotopic (exact) mass is 533 g/mol. The number of ketones is 1. The summed E-state index contributed by atoms with van der Waals surface area (Å²) >= 11 is 0. The van der Waals surface area contributed by atoms with Crippen molar-refractivity contribution in [2.45, 2.75) is 76.4 Å². The Morgan fingerprint density at radius 3 is 2.59 bits per heavy atom. The van der Waals surface area contributed by atoms with Gasteiger partial charge in [0.1, 0.15) is 11.7 Å². The van der Waals surface area contributed by atoms with Crippen LogP contribution >= 0.6 is 0 Å². The van der Waals surface area contributed by atoms with Crippen molar-refractivity contribution in [1.82, 2.24) is 25.8 Å². The average molecular weight is 534 g/mol. The molecular weight excluding hydrogens is 498 g/mol. The number of amides is 4. The second kappa shape index (κ2) is 9.81. The first kappa shape index (κ1) is 25.6. The van der Waals surface area contributed by atoms with E-state index < -0.39 is 35.6 Å². The Kier molecular flexibility index (Phi) is 6.43. The van der Waals surface area contributed by atoms with E-state index in [-0.39, 0.29) is 29.7 Å². The number of piperidine rings is 1. The van der Waals surface area contributed by atoms with Gasteiger partial charge >= 0.3 is 0 Å². The normalized spacial score (nSPS) is 24.3. The van der Waals surface area contributed by atoms with Gasteiger partial charge < -0.3 is 25.8 Å². The van der Waals surface area contributed by atoms with E-state index in [0.717, 1.165) is 48.6 Å². The van der Waals surface area contributed by atoms with Crippen molar-refractivity contribution in [3.05, 3.63) is 35.5 Å². The molecule has 4 aliphatic rings. The highest BCUT2D eigenvalue weighted by Gasteiger charge is 2.51.